The Morgan fingerprint density at radius 1 is 1.26 bits per heavy atom. The summed E-state index contributed by atoms with van der Waals surface area (Å²) in [4.78, 5) is 12.0. The fourth-order valence-corrected chi connectivity index (χ4v) is 2.39. The van der Waals surface area contributed by atoms with E-state index >= 15 is 0 Å². The Bertz CT molecular complexity index is 588. The quantitative estimate of drug-likeness (QED) is 0.906. The summed E-state index contributed by atoms with van der Waals surface area (Å²) in [7, 11) is 0. The highest BCUT2D eigenvalue weighted by Gasteiger charge is 2.25. The van der Waals surface area contributed by atoms with Crippen molar-refractivity contribution < 1.29 is 4.79 Å². The SMILES string of the molecule is O=C(Nc1ccc(Cl)cc1-n1cccc1)C1CCC1. The highest BCUT2D eigenvalue weighted by Crippen LogP contribution is 2.30. The standard InChI is InChI=1S/C15H15ClN2O/c16-12-6-7-13(17-15(19)11-4-3-5-11)14(10-12)18-8-1-2-9-18/h1-2,6-11H,3-5H2,(H,17,19). The monoisotopic (exact) mass is 274 g/mol. The number of hydrogen-bond donors (Lipinski definition) is 1. The van der Waals surface area contributed by atoms with Gasteiger partial charge >= 0.3 is 0 Å². The molecule has 98 valence electrons. The topological polar surface area (TPSA) is 34.0 Å². The molecule has 4 heteroatoms. The van der Waals surface area contributed by atoms with E-state index in [0.29, 0.717) is 5.02 Å². The average Bonchev–Trinajstić information content (AvgIpc) is 2.82. The molecule has 19 heavy (non-hydrogen) atoms. The Labute approximate surface area is 117 Å². The second kappa shape index (κ2) is 5.10. The number of hydrogen-bond acceptors (Lipinski definition) is 1. The molecule has 1 aliphatic rings. The number of carbonyl (C=O) groups is 1. The molecule has 1 aromatic heterocycles. The van der Waals surface area contributed by atoms with Gasteiger partial charge in [0.15, 0.2) is 0 Å². The normalized spacial score (nSPS) is 15.0. The van der Waals surface area contributed by atoms with Crippen LogP contribution in [-0.4, -0.2) is 10.5 Å². The molecule has 3 rings (SSSR count). The minimum atomic E-state index is 0.113. The van der Waals surface area contributed by atoms with Gasteiger partial charge in [-0.2, -0.15) is 0 Å². The number of benzene rings is 1. The number of nitrogens with one attached hydrogen (secondary N) is 1. The Morgan fingerprint density at radius 2 is 2.00 bits per heavy atom. The van der Waals surface area contributed by atoms with Crippen molar-refractivity contribution >= 4 is 23.2 Å². The summed E-state index contributed by atoms with van der Waals surface area (Å²) >= 11 is 6.05. The molecule has 1 N–H and O–H groups in total. The molecule has 0 bridgehead atoms. The minimum Gasteiger partial charge on any atom is -0.324 e. The lowest BCUT2D eigenvalue weighted by Gasteiger charge is -2.24. The van der Waals surface area contributed by atoms with Crippen molar-refractivity contribution in [3.05, 3.63) is 47.7 Å². The molecule has 1 amide bonds. The molecular formula is C15H15ClN2O. The third-order valence-corrected chi connectivity index (χ3v) is 3.81. The summed E-state index contributed by atoms with van der Waals surface area (Å²) in [6.45, 7) is 0. The molecule has 1 saturated carbocycles. The zero-order valence-corrected chi connectivity index (χ0v) is 11.2. The van der Waals surface area contributed by atoms with E-state index in [-0.39, 0.29) is 11.8 Å². The molecule has 0 saturated heterocycles. The maximum absolute atomic E-state index is 12.0. The van der Waals surface area contributed by atoms with Crippen molar-refractivity contribution in [1.29, 1.82) is 0 Å². The number of carbonyl (C=O) groups excluding carboxylic acids is 1. The Balaban J connectivity index is 1.90. The van der Waals surface area contributed by atoms with Crippen LogP contribution in [0.15, 0.2) is 42.7 Å². The van der Waals surface area contributed by atoms with Crippen LogP contribution in [0.3, 0.4) is 0 Å². The summed E-state index contributed by atoms with van der Waals surface area (Å²) in [6.07, 6.45) is 7.02. The van der Waals surface area contributed by atoms with E-state index in [1.165, 1.54) is 0 Å². The molecule has 1 fully saturated rings. The predicted molar refractivity (Wildman–Crippen MR) is 76.7 cm³/mol. The van der Waals surface area contributed by atoms with E-state index in [2.05, 4.69) is 5.32 Å². The zero-order chi connectivity index (χ0) is 13.2. The zero-order valence-electron chi connectivity index (χ0n) is 10.5. The second-order valence-corrected chi connectivity index (χ2v) is 5.31. The fourth-order valence-electron chi connectivity index (χ4n) is 2.22. The maximum Gasteiger partial charge on any atom is 0.227 e. The fraction of sp³-hybridized carbons (Fsp3) is 0.267. The van der Waals surface area contributed by atoms with Crippen LogP contribution in [0.4, 0.5) is 5.69 Å². The Hall–Kier alpha value is -1.74. The summed E-state index contributed by atoms with van der Waals surface area (Å²) in [6, 6.07) is 9.40. The van der Waals surface area contributed by atoms with Crippen LogP contribution in [0.5, 0.6) is 0 Å². The van der Waals surface area contributed by atoms with Crippen molar-refractivity contribution in [2.75, 3.05) is 5.32 Å². The molecule has 1 aliphatic carbocycles. The lowest BCUT2D eigenvalue weighted by molar-refractivity contribution is -0.122. The molecule has 1 aromatic carbocycles. The molecule has 0 aliphatic heterocycles. The van der Waals surface area contributed by atoms with E-state index < -0.39 is 0 Å². The molecule has 0 spiro atoms. The third-order valence-electron chi connectivity index (χ3n) is 3.58. The molecule has 0 unspecified atom stereocenters. The van der Waals surface area contributed by atoms with Crippen molar-refractivity contribution in [3.8, 4) is 5.69 Å². The molecule has 3 nitrogen and oxygen atoms in total. The van der Waals surface area contributed by atoms with Crippen LogP contribution in [0.1, 0.15) is 19.3 Å². The van der Waals surface area contributed by atoms with E-state index in [9.17, 15) is 4.79 Å². The number of anilines is 1. The maximum atomic E-state index is 12.0. The Kier molecular flexibility index (Phi) is 3.30. The van der Waals surface area contributed by atoms with E-state index in [1.54, 1.807) is 6.07 Å². The molecule has 1 heterocycles. The first-order valence-corrected chi connectivity index (χ1v) is 6.85. The van der Waals surface area contributed by atoms with Crippen molar-refractivity contribution in [2.45, 2.75) is 19.3 Å². The van der Waals surface area contributed by atoms with Gasteiger partial charge in [0.25, 0.3) is 0 Å². The van der Waals surface area contributed by atoms with Crippen LogP contribution in [0.2, 0.25) is 5.02 Å². The molecular weight excluding hydrogens is 260 g/mol. The lowest BCUT2D eigenvalue weighted by Crippen LogP contribution is -2.28. The van der Waals surface area contributed by atoms with Crippen molar-refractivity contribution in [3.63, 3.8) is 0 Å². The van der Waals surface area contributed by atoms with E-state index in [0.717, 1.165) is 30.6 Å². The van der Waals surface area contributed by atoms with Gasteiger partial charge < -0.3 is 9.88 Å². The molecule has 0 atom stereocenters. The lowest BCUT2D eigenvalue weighted by atomic mass is 9.85. The van der Waals surface area contributed by atoms with Gasteiger partial charge in [-0.05, 0) is 43.2 Å². The van der Waals surface area contributed by atoms with E-state index in [4.69, 9.17) is 11.6 Å². The van der Waals surface area contributed by atoms with Gasteiger partial charge in [-0.15, -0.1) is 0 Å². The summed E-state index contributed by atoms with van der Waals surface area (Å²) < 4.78 is 1.95. The second-order valence-electron chi connectivity index (χ2n) is 4.87. The first-order valence-electron chi connectivity index (χ1n) is 6.48. The Morgan fingerprint density at radius 3 is 2.63 bits per heavy atom. The first-order chi connectivity index (χ1) is 9.24. The summed E-state index contributed by atoms with van der Waals surface area (Å²) in [5.74, 6) is 0.287. The third kappa shape index (κ3) is 2.51. The van der Waals surface area contributed by atoms with Crippen LogP contribution < -0.4 is 5.32 Å². The number of aromatic nitrogens is 1. The van der Waals surface area contributed by atoms with Gasteiger partial charge in [-0.25, -0.2) is 0 Å². The largest absolute Gasteiger partial charge is 0.324 e. The minimum absolute atomic E-state index is 0.113. The number of halogens is 1. The van der Waals surface area contributed by atoms with Gasteiger partial charge in [0.05, 0.1) is 11.4 Å². The number of nitrogens with zero attached hydrogens (tertiary/aromatic N) is 1. The highest BCUT2D eigenvalue weighted by molar-refractivity contribution is 6.30. The van der Waals surface area contributed by atoms with Crippen molar-refractivity contribution in [1.82, 2.24) is 4.57 Å². The average molecular weight is 275 g/mol. The number of rotatable bonds is 3. The molecule has 0 radical (unpaired) electrons. The van der Waals surface area contributed by atoms with E-state index in [1.807, 2.05) is 41.2 Å². The smallest absolute Gasteiger partial charge is 0.227 e. The van der Waals surface area contributed by atoms with Crippen LogP contribution >= 0.6 is 11.6 Å². The summed E-state index contributed by atoms with van der Waals surface area (Å²) in [5, 5.41) is 3.67. The molecule has 2 aromatic rings. The van der Waals surface area contributed by atoms with Gasteiger partial charge in [0, 0.05) is 23.3 Å². The van der Waals surface area contributed by atoms with Crippen LogP contribution in [-0.2, 0) is 4.79 Å². The predicted octanol–water partition coefficient (Wildman–Crippen LogP) is 3.87. The number of amides is 1. The van der Waals surface area contributed by atoms with Crippen LogP contribution in [0, 0.1) is 5.92 Å². The van der Waals surface area contributed by atoms with Gasteiger partial charge in [-0.1, -0.05) is 18.0 Å². The van der Waals surface area contributed by atoms with Gasteiger partial charge in [0.2, 0.25) is 5.91 Å². The van der Waals surface area contributed by atoms with Gasteiger partial charge in [0.1, 0.15) is 0 Å². The first kappa shape index (κ1) is 12.3. The summed E-state index contributed by atoms with van der Waals surface area (Å²) in [5.41, 5.74) is 1.70. The van der Waals surface area contributed by atoms with Gasteiger partial charge in [-0.3, -0.25) is 4.79 Å². The van der Waals surface area contributed by atoms with Crippen LogP contribution in [0.25, 0.3) is 5.69 Å². The van der Waals surface area contributed by atoms with Crippen molar-refractivity contribution in [2.24, 2.45) is 5.92 Å². The highest BCUT2D eigenvalue weighted by atomic mass is 35.5.